The zero-order valence-electron chi connectivity index (χ0n) is 9.53. The van der Waals surface area contributed by atoms with Crippen molar-refractivity contribution in [2.75, 3.05) is 20.6 Å². The molecule has 0 aromatic rings. The Hall–Kier alpha value is -0.610. The van der Waals surface area contributed by atoms with Crippen molar-refractivity contribution in [2.45, 2.75) is 38.4 Å². The smallest absolute Gasteiger partial charge is 0.234 e. The monoisotopic (exact) mass is 199 g/mol. The van der Waals surface area contributed by atoms with Gasteiger partial charge < -0.3 is 10.6 Å². The van der Waals surface area contributed by atoms with Gasteiger partial charge in [-0.2, -0.15) is 0 Å². The Morgan fingerprint density at radius 1 is 1.57 bits per heavy atom. The number of nitrogens with two attached hydrogens (primary N) is 1. The molecular weight excluding hydrogens is 178 g/mol. The Bertz CT molecular complexity index is 217. The van der Waals surface area contributed by atoms with Gasteiger partial charge in [0.15, 0.2) is 0 Å². The molecule has 0 bridgehead atoms. The number of nitrogens with zero attached hydrogens (tertiary/aromatic N) is 2. The molecule has 1 rings (SSSR count). The van der Waals surface area contributed by atoms with Crippen molar-refractivity contribution in [1.82, 2.24) is 9.80 Å². The van der Waals surface area contributed by atoms with Gasteiger partial charge in [-0.15, -0.1) is 0 Å². The van der Waals surface area contributed by atoms with E-state index in [1.807, 2.05) is 6.92 Å². The van der Waals surface area contributed by atoms with Crippen LogP contribution in [-0.2, 0) is 4.79 Å². The van der Waals surface area contributed by atoms with Crippen LogP contribution in [0.5, 0.6) is 0 Å². The van der Waals surface area contributed by atoms with Gasteiger partial charge >= 0.3 is 0 Å². The molecule has 0 aliphatic carbocycles. The highest BCUT2D eigenvalue weighted by molar-refractivity contribution is 5.79. The summed E-state index contributed by atoms with van der Waals surface area (Å²) in [5.74, 6) is -0.226. The lowest BCUT2D eigenvalue weighted by Gasteiger charge is -2.30. The summed E-state index contributed by atoms with van der Waals surface area (Å²) in [6.45, 7) is 5.02. The Morgan fingerprint density at radius 2 is 2.14 bits per heavy atom. The molecule has 0 radical (unpaired) electrons. The summed E-state index contributed by atoms with van der Waals surface area (Å²) in [7, 11) is 4.17. The molecule has 14 heavy (non-hydrogen) atoms. The largest absolute Gasteiger partial charge is 0.368 e. The molecule has 0 aromatic heterocycles. The van der Waals surface area contributed by atoms with Gasteiger partial charge in [0.25, 0.3) is 0 Å². The van der Waals surface area contributed by atoms with Crippen molar-refractivity contribution < 1.29 is 4.79 Å². The first kappa shape index (κ1) is 11.5. The molecule has 3 unspecified atom stereocenters. The molecule has 1 amide bonds. The highest BCUT2D eigenvalue weighted by Crippen LogP contribution is 2.23. The number of hydrogen-bond donors (Lipinski definition) is 1. The first-order valence-corrected chi connectivity index (χ1v) is 5.16. The molecule has 4 heteroatoms. The average molecular weight is 199 g/mol. The summed E-state index contributed by atoms with van der Waals surface area (Å²) in [6.07, 6.45) is 1.12. The molecule has 1 aliphatic heterocycles. The number of amides is 1. The number of rotatable bonds is 3. The fourth-order valence-electron chi connectivity index (χ4n) is 2.35. The van der Waals surface area contributed by atoms with Crippen molar-refractivity contribution >= 4 is 5.91 Å². The Kier molecular flexibility index (Phi) is 3.50. The highest BCUT2D eigenvalue weighted by Gasteiger charge is 2.36. The van der Waals surface area contributed by atoms with Gasteiger partial charge in [0.1, 0.15) is 0 Å². The third kappa shape index (κ3) is 2.07. The number of likely N-dealkylation sites (tertiary alicyclic amines) is 1. The van der Waals surface area contributed by atoms with Crippen molar-refractivity contribution in [2.24, 2.45) is 5.73 Å². The molecule has 1 saturated heterocycles. The van der Waals surface area contributed by atoms with Gasteiger partial charge in [-0.3, -0.25) is 9.69 Å². The van der Waals surface area contributed by atoms with Crippen LogP contribution in [0, 0.1) is 0 Å². The van der Waals surface area contributed by atoms with Crippen LogP contribution in [-0.4, -0.2) is 54.5 Å². The van der Waals surface area contributed by atoms with E-state index in [2.05, 4.69) is 30.8 Å². The third-order valence-corrected chi connectivity index (χ3v) is 3.34. The quantitative estimate of drug-likeness (QED) is 0.689. The van der Waals surface area contributed by atoms with E-state index in [0.29, 0.717) is 12.1 Å². The molecule has 2 N–H and O–H groups in total. The van der Waals surface area contributed by atoms with Crippen LogP contribution >= 0.6 is 0 Å². The lowest BCUT2D eigenvalue weighted by molar-refractivity contribution is -0.123. The summed E-state index contributed by atoms with van der Waals surface area (Å²) in [5.41, 5.74) is 5.31. The zero-order chi connectivity index (χ0) is 10.9. The van der Waals surface area contributed by atoms with E-state index >= 15 is 0 Å². The third-order valence-electron chi connectivity index (χ3n) is 3.34. The number of primary amides is 1. The minimum absolute atomic E-state index is 0.144. The number of hydrogen-bond acceptors (Lipinski definition) is 3. The molecular formula is C10H21N3O. The minimum atomic E-state index is -0.226. The normalized spacial score (nSPS) is 30.9. The van der Waals surface area contributed by atoms with Gasteiger partial charge in [-0.1, -0.05) is 0 Å². The lowest BCUT2D eigenvalue weighted by atomic mass is 10.1. The summed E-state index contributed by atoms with van der Waals surface area (Å²) in [6, 6.07) is 0.805. The SMILES string of the molecule is CC(C(N)=O)N1CCC(N(C)C)C1C. The second-order valence-electron chi connectivity index (χ2n) is 4.38. The first-order valence-electron chi connectivity index (χ1n) is 5.16. The standard InChI is InChI=1S/C10H21N3O/c1-7-9(12(3)4)5-6-13(7)8(2)10(11)14/h7-9H,5-6H2,1-4H3,(H2,11,14). The Labute approximate surface area is 86.0 Å². The molecule has 1 aliphatic rings. The van der Waals surface area contributed by atoms with E-state index in [9.17, 15) is 4.79 Å². The molecule has 4 nitrogen and oxygen atoms in total. The molecule has 0 saturated carbocycles. The van der Waals surface area contributed by atoms with Crippen molar-refractivity contribution in [1.29, 1.82) is 0 Å². The van der Waals surface area contributed by atoms with Crippen LogP contribution in [0.3, 0.4) is 0 Å². The molecule has 0 aromatic carbocycles. The van der Waals surface area contributed by atoms with Crippen LogP contribution in [0.1, 0.15) is 20.3 Å². The highest BCUT2D eigenvalue weighted by atomic mass is 16.1. The predicted octanol–water partition coefficient (Wildman–Crippen LogP) is -0.115. The summed E-state index contributed by atoms with van der Waals surface area (Å²) in [4.78, 5) is 15.5. The average Bonchev–Trinajstić information content (AvgIpc) is 2.45. The van der Waals surface area contributed by atoms with E-state index in [0.717, 1.165) is 13.0 Å². The minimum Gasteiger partial charge on any atom is -0.368 e. The van der Waals surface area contributed by atoms with Crippen molar-refractivity contribution in [3.63, 3.8) is 0 Å². The van der Waals surface area contributed by atoms with Crippen LogP contribution in [0.4, 0.5) is 0 Å². The van der Waals surface area contributed by atoms with Crippen molar-refractivity contribution in [3.8, 4) is 0 Å². The maximum absolute atomic E-state index is 11.1. The lowest BCUT2D eigenvalue weighted by Crippen LogP contribution is -2.48. The maximum atomic E-state index is 11.1. The fraction of sp³-hybridized carbons (Fsp3) is 0.900. The van der Waals surface area contributed by atoms with Gasteiger partial charge in [-0.05, 0) is 34.4 Å². The molecule has 1 fully saturated rings. The Morgan fingerprint density at radius 3 is 2.50 bits per heavy atom. The predicted molar refractivity (Wildman–Crippen MR) is 56.9 cm³/mol. The molecule has 1 heterocycles. The second kappa shape index (κ2) is 4.28. The van der Waals surface area contributed by atoms with Crippen LogP contribution in [0.15, 0.2) is 0 Å². The molecule has 3 atom stereocenters. The van der Waals surface area contributed by atoms with Gasteiger partial charge in [0, 0.05) is 18.6 Å². The summed E-state index contributed by atoms with van der Waals surface area (Å²) >= 11 is 0. The van der Waals surface area contributed by atoms with E-state index in [-0.39, 0.29) is 11.9 Å². The van der Waals surface area contributed by atoms with Crippen LogP contribution in [0.2, 0.25) is 0 Å². The topological polar surface area (TPSA) is 49.6 Å². The van der Waals surface area contributed by atoms with Gasteiger partial charge in [-0.25, -0.2) is 0 Å². The van der Waals surface area contributed by atoms with E-state index in [4.69, 9.17) is 5.73 Å². The van der Waals surface area contributed by atoms with Crippen LogP contribution < -0.4 is 5.73 Å². The number of carbonyl (C=O) groups excluding carboxylic acids is 1. The van der Waals surface area contributed by atoms with Crippen molar-refractivity contribution in [3.05, 3.63) is 0 Å². The van der Waals surface area contributed by atoms with E-state index in [1.54, 1.807) is 0 Å². The number of likely N-dealkylation sites (N-methyl/N-ethyl adjacent to an activating group) is 1. The fourth-order valence-corrected chi connectivity index (χ4v) is 2.35. The maximum Gasteiger partial charge on any atom is 0.234 e. The van der Waals surface area contributed by atoms with E-state index in [1.165, 1.54) is 0 Å². The second-order valence-corrected chi connectivity index (χ2v) is 4.38. The van der Waals surface area contributed by atoms with Gasteiger partial charge in [0.2, 0.25) is 5.91 Å². The van der Waals surface area contributed by atoms with E-state index < -0.39 is 0 Å². The Balaban J connectivity index is 2.63. The van der Waals surface area contributed by atoms with Crippen LogP contribution in [0.25, 0.3) is 0 Å². The molecule has 82 valence electrons. The summed E-state index contributed by atoms with van der Waals surface area (Å²) < 4.78 is 0. The molecule has 0 spiro atoms. The van der Waals surface area contributed by atoms with Gasteiger partial charge in [0.05, 0.1) is 6.04 Å². The summed E-state index contributed by atoms with van der Waals surface area (Å²) in [5, 5.41) is 0. The zero-order valence-corrected chi connectivity index (χ0v) is 9.53. The first-order chi connectivity index (χ1) is 6.45. The number of carbonyl (C=O) groups is 1.